The van der Waals surface area contributed by atoms with Crippen LogP contribution < -0.4 is 0 Å². The fraction of sp³-hybridized carbons (Fsp3) is 0.400. The summed E-state index contributed by atoms with van der Waals surface area (Å²) in [5.74, 6) is -0.534. The molecule has 0 aromatic heterocycles. The molecule has 3 saturated heterocycles. The van der Waals surface area contributed by atoms with Crippen LogP contribution in [0.15, 0.2) is 96.1 Å². The number of fused-ring (bicyclic) bond motifs is 3. The van der Waals surface area contributed by atoms with Gasteiger partial charge in [-0.1, -0.05) is 78.9 Å². The Morgan fingerprint density at radius 2 is 1.62 bits per heavy atom. The van der Waals surface area contributed by atoms with Gasteiger partial charge in [-0.3, -0.25) is 19.4 Å². The van der Waals surface area contributed by atoms with Gasteiger partial charge in [0.2, 0.25) is 11.8 Å². The number of rotatable bonds is 10. The monoisotopic (exact) mass is 632 g/mol. The van der Waals surface area contributed by atoms with Gasteiger partial charge < -0.3 is 14.6 Å². The van der Waals surface area contributed by atoms with Crippen LogP contribution in [0, 0.1) is 17.8 Å². The van der Waals surface area contributed by atoms with Crippen LogP contribution in [0.4, 0.5) is 0 Å². The molecule has 1 N–H and O–H groups in total. The number of hydrogen-bond acceptors (Lipinski definition) is 6. The minimum atomic E-state index is -0.355. The summed E-state index contributed by atoms with van der Waals surface area (Å²) in [6.07, 6.45) is 5.78. The van der Waals surface area contributed by atoms with E-state index in [4.69, 9.17) is 9.47 Å². The molecule has 244 valence electrons. The maximum Gasteiger partial charge on any atom is 0.234 e. The second-order valence-corrected chi connectivity index (χ2v) is 13.5. The molecule has 3 aliphatic heterocycles. The quantitative estimate of drug-likeness (QED) is 0.160. The summed E-state index contributed by atoms with van der Waals surface area (Å²) in [5, 5.41) is 9.78. The number of benzene rings is 3. The van der Waals surface area contributed by atoms with Crippen molar-refractivity contribution in [2.45, 2.75) is 50.8 Å². The lowest BCUT2D eigenvalue weighted by Crippen LogP contribution is -2.47. The van der Waals surface area contributed by atoms with E-state index in [2.05, 4.69) is 47.4 Å². The van der Waals surface area contributed by atoms with Crippen LogP contribution in [0.25, 0.3) is 11.6 Å². The van der Waals surface area contributed by atoms with Crippen molar-refractivity contribution in [3.63, 3.8) is 0 Å². The zero-order valence-electron chi connectivity index (χ0n) is 27.1. The van der Waals surface area contributed by atoms with Gasteiger partial charge in [0.1, 0.15) is 5.75 Å². The highest BCUT2D eigenvalue weighted by Gasteiger charge is 2.58. The van der Waals surface area contributed by atoms with Crippen LogP contribution in [-0.2, 0) is 25.6 Å². The van der Waals surface area contributed by atoms with Crippen molar-refractivity contribution >= 4 is 23.5 Å². The molecule has 7 heteroatoms. The van der Waals surface area contributed by atoms with Crippen LogP contribution >= 0.6 is 0 Å². The average molecular weight is 633 g/mol. The summed E-state index contributed by atoms with van der Waals surface area (Å²) in [7, 11) is 1.70. The number of hydrogen-bond donors (Lipinski definition) is 1. The number of likely N-dealkylation sites (tertiary alicyclic amines) is 2. The minimum Gasteiger partial charge on any atom is -0.508 e. The zero-order chi connectivity index (χ0) is 32.3. The number of allylic oxidation sites excluding steroid dienone is 1. The van der Waals surface area contributed by atoms with Crippen molar-refractivity contribution in [3.05, 3.63) is 113 Å². The summed E-state index contributed by atoms with van der Waals surface area (Å²) in [6, 6.07) is 28.0. The number of nitrogens with zero attached hydrogens (tertiary/aromatic N) is 2. The van der Waals surface area contributed by atoms with Crippen molar-refractivity contribution < 1.29 is 24.2 Å². The van der Waals surface area contributed by atoms with Crippen molar-refractivity contribution in [1.29, 1.82) is 0 Å². The Labute approximate surface area is 277 Å². The second kappa shape index (κ2) is 14.0. The van der Waals surface area contributed by atoms with Gasteiger partial charge in [-0.15, -0.1) is 0 Å². The molecule has 1 aliphatic carbocycles. The first-order valence-electron chi connectivity index (χ1n) is 17.0. The molecular formula is C40H44N2O5. The summed E-state index contributed by atoms with van der Waals surface area (Å²) in [4.78, 5) is 32.2. The van der Waals surface area contributed by atoms with E-state index >= 15 is 0 Å². The third-order valence-corrected chi connectivity index (χ3v) is 10.6. The lowest BCUT2D eigenvalue weighted by Gasteiger charge is -2.36. The first-order valence-corrected chi connectivity index (χ1v) is 17.0. The number of carbonyl (C=O) groups excluding carboxylic acids is 2. The maximum atomic E-state index is 14.2. The standard InChI is InChI=1S/C40H44N2O5/c1-46-25-31-23-34-38(40(45)42(39(34)44)32-18-20-41(21-19-32)24-28-8-4-2-5-9-28)35-26-47-36(37(31)35)17-14-30(29-10-6-3-7-11-29)22-27-12-15-33(43)16-13-27/h2-13,15-16,22,32,34-36,38,43H,14,17-21,23-26H2,1H3/b30-22-/t34-,35+,36-,38-/m1/s1. The van der Waals surface area contributed by atoms with Crippen LogP contribution in [0.2, 0.25) is 0 Å². The predicted octanol–water partition coefficient (Wildman–Crippen LogP) is 6.34. The summed E-state index contributed by atoms with van der Waals surface area (Å²) >= 11 is 0. The van der Waals surface area contributed by atoms with E-state index < -0.39 is 0 Å². The molecule has 7 rings (SSSR count). The smallest absolute Gasteiger partial charge is 0.234 e. The molecule has 0 bridgehead atoms. The lowest BCUT2D eigenvalue weighted by molar-refractivity contribution is -0.144. The lowest BCUT2D eigenvalue weighted by atomic mass is 9.69. The van der Waals surface area contributed by atoms with Crippen LogP contribution in [0.3, 0.4) is 0 Å². The van der Waals surface area contributed by atoms with Crippen LogP contribution in [0.5, 0.6) is 5.75 Å². The Morgan fingerprint density at radius 1 is 0.915 bits per heavy atom. The number of ether oxygens (including phenoxy) is 2. The first kappa shape index (κ1) is 31.6. The zero-order valence-corrected chi connectivity index (χ0v) is 27.1. The van der Waals surface area contributed by atoms with E-state index in [1.165, 1.54) is 16.7 Å². The Balaban J connectivity index is 1.07. The van der Waals surface area contributed by atoms with E-state index in [0.717, 1.165) is 62.0 Å². The van der Waals surface area contributed by atoms with E-state index in [-0.39, 0.29) is 47.5 Å². The van der Waals surface area contributed by atoms with Gasteiger partial charge in [-0.25, -0.2) is 0 Å². The molecule has 7 nitrogen and oxygen atoms in total. The summed E-state index contributed by atoms with van der Waals surface area (Å²) < 4.78 is 12.2. The molecule has 4 aliphatic rings. The van der Waals surface area contributed by atoms with Gasteiger partial charge in [0, 0.05) is 38.7 Å². The van der Waals surface area contributed by atoms with Crippen molar-refractivity contribution in [1.82, 2.24) is 9.80 Å². The molecule has 3 aromatic rings. The Kier molecular flexibility index (Phi) is 9.39. The molecule has 0 unspecified atom stereocenters. The normalized spacial score (nSPS) is 25.4. The number of carbonyl (C=O) groups is 2. The van der Waals surface area contributed by atoms with Gasteiger partial charge in [0.25, 0.3) is 0 Å². The third-order valence-electron chi connectivity index (χ3n) is 10.6. The van der Waals surface area contributed by atoms with Gasteiger partial charge in [0.15, 0.2) is 0 Å². The number of aromatic hydroxyl groups is 1. The molecule has 47 heavy (non-hydrogen) atoms. The average Bonchev–Trinajstić information content (AvgIpc) is 3.63. The van der Waals surface area contributed by atoms with Gasteiger partial charge >= 0.3 is 0 Å². The number of phenolic OH excluding ortho intramolecular Hbond substituents is 1. The largest absolute Gasteiger partial charge is 0.508 e. The van der Waals surface area contributed by atoms with Crippen molar-refractivity contribution in [2.24, 2.45) is 17.8 Å². The second-order valence-electron chi connectivity index (χ2n) is 13.5. The minimum absolute atomic E-state index is 0.000748. The maximum absolute atomic E-state index is 14.2. The molecule has 0 spiro atoms. The topological polar surface area (TPSA) is 79.3 Å². The SMILES string of the molecule is COCC1=C2[C@@H](CC/C(=C/c3ccc(O)cc3)c3ccccc3)OC[C@@H]2[C@@H]2C(=O)N(C3CCN(Cc4ccccc4)CC3)C(=O)[C@@H]2C1. The van der Waals surface area contributed by atoms with Crippen LogP contribution in [-0.4, -0.2) is 72.3 Å². The molecule has 3 fully saturated rings. The first-order chi connectivity index (χ1) is 23.0. The number of phenols is 1. The molecular weight excluding hydrogens is 588 g/mol. The third kappa shape index (κ3) is 6.57. The highest BCUT2D eigenvalue weighted by molar-refractivity contribution is 6.06. The van der Waals surface area contributed by atoms with E-state index in [0.29, 0.717) is 19.6 Å². The van der Waals surface area contributed by atoms with Crippen LogP contribution in [0.1, 0.15) is 48.8 Å². The molecule has 3 aromatic carbocycles. The van der Waals surface area contributed by atoms with E-state index in [9.17, 15) is 14.7 Å². The fourth-order valence-electron chi connectivity index (χ4n) is 8.35. The Morgan fingerprint density at radius 3 is 2.32 bits per heavy atom. The highest BCUT2D eigenvalue weighted by Crippen LogP contribution is 2.51. The molecule has 0 radical (unpaired) electrons. The number of methoxy groups -OCH3 is 1. The van der Waals surface area contributed by atoms with Gasteiger partial charge in [0.05, 0.1) is 31.2 Å². The predicted molar refractivity (Wildman–Crippen MR) is 182 cm³/mol. The number of amides is 2. The highest BCUT2D eigenvalue weighted by atomic mass is 16.5. The fourth-order valence-corrected chi connectivity index (χ4v) is 8.35. The number of imide groups is 1. The Bertz CT molecular complexity index is 1630. The van der Waals surface area contributed by atoms with Crippen molar-refractivity contribution in [3.8, 4) is 5.75 Å². The summed E-state index contributed by atoms with van der Waals surface area (Å²) in [6.45, 7) is 3.55. The van der Waals surface area contributed by atoms with Gasteiger partial charge in [-0.2, -0.15) is 0 Å². The van der Waals surface area contributed by atoms with Crippen molar-refractivity contribution in [2.75, 3.05) is 33.4 Å². The molecule has 3 heterocycles. The van der Waals surface area contributed by atoms with E-state index in [1.807, 2.05) is 36.4 Å². The number of piperidine rings is 1. The molecule has 2 amide bonds. The molecule has 4 atom stereocenters. The van der Waals surface area contributed by atoms with Gasteiger partial charge in [-0.05, 0) is 77.6 Å². The molecule has 0 saturated carbocycles. The Hall–Kier alpha value is -4.04. The summed E-state index contributed by atoms with van der Waals surface area (Å²) in [5.41, 5.74) is 6.95. The van der Waals surface area contributed by atoms with E-state index in [1.54, 1.807) is 24.1 Å².